The summed E-state index contributed by atoms with van der Waals surface area (Å²) in [6, 6.07) is 0.210. The maximum Gasteiger partial charge on any atom is 0.309 e. The highest BCUT2D eigenvalue weighted by Gasteiger charge is 2.34. The molecule has 1 aliphatic carbocycles. The van der Waals surface area contributed by atoms with Crippen LogP contribution in [0.3, 0.4) is 0 Å². The number of rotatable bonds is 4. The highest BCUT2D eigenvalue weighted by molar-refractivity contribution is 5.84. The molecule has 1 aliphatic rings. The summed E-state index contributed by atoms with van der Waals surface area (Å²) in [4.78, 5) is 22.7. The highest BCUT2D eigenvalue weighted by atomic mass is 16.4. The van der Waals surface area contributed by atoms with Gasteiger partial charge in [-0.05, 0) is 38.5 Å². The van der Waals surface area contributed by atoms with E-state index in [0.29, 0.717) is 5.41 Å². The van der Waals surface area contributed by atoms with Crippen LogP contribution in [-0.2, 0) is 9.59 Å². The predicted molar refractivity (Wildman–Crippen MR) is 65.6 cm³/mol. The van der Waals surface area contributed by atoms with Crippen molar-refractivity contribution >= 4 is 11.9 Å². The summed E-state index contributed by atoms with van der Waals surface area (Å²) in [7, 11) is 0. The van der Waals surface area contributed by atoms with Gasteiger partial charge in [0.2, 0.25) is 5.91 Å². The highest BCUT2D eigenvalue weighted by Crippen LogP contribution is 2.37. The fourth-order valence-corrected chi connectivity index (χ4v) is 2.32. The molecule has 1 amide bonds. The molecule has 1 atom stereocenters. The number of amides is 1. The first-order valence-electron chi connectivity index (χ1n) is 6.15. The zero-order valence-electron chi connectivity index (χ0n) is 11.2. The quantitative estimate of drug-likeness (QED) is 0.792. The number of hydrogen-bond acceptors (Lipinski definition) is 2. The van der Waals surface area contributed by atoms with Gasteiger partial charge in [0.05, 0.1) is 5.41 Å². The molecule has 0 bridgehead atoms. The third-order valence-corrected chi connectivity index (χ3v) is 3.52. The van der Waals surface area contributed by atoms with Crippen LogP contribution in [0, 0.1) is 10.8 Å². The van der Waals surface area contributed by atoms with Crippen molar-refractivity contribution in [1.29, 1.82) is 0 Å². The van der Waals surface area contributed by atoms with Crippen molar-refractivity contribution in [2.24, 2.45) is 10.8 Å². The van der Waals surface area contributed by atoms with Crippen molar-refractivity contribution in [3.8, 4) is 0 Å². The lowest BCUT2D eigenvalue weighted by Gasteiger charge is -2.21. The third-order valence-electron chi connectivity index (χ3n) is 3.52. The second kappa shape index (κ2) is 4.67. The molecule has 4 heteroatoms. The van der Waals surface area contributed by atoms with Crippen LogP contribution >= 0.6 is 0 Å². The molecule has 1 unspecified atom stereocenters. The van der Waals surface area contributed by atoms with E-state index in [1.807, 2.05) is 0 Å². The summed E-state index contributed by atoms with van der Waals surface area (Å²) in [6.45, 7) is 7.54. The van der Waals surface area contributed by atoms with Crippen molar-refractivity contribution in [2.45, 2.75) is 59.4 Å². The Labute approximate surface area is 103 Å². The molecule has 0 aliphatic heterocycles. The Kier molecular flexibility index (Phi) is 3.84. The molecule has 2 N–H and O–H groups in total. The van der Waals surface area contributed by atoms with Crippen LogP contribution in [0.1, 0.15) is 53.4 Å². The molecule has 17 heavy (non-hydrogen) atoms. The Bertz CT molecular complexity index is 321. The van der Waals surface area contributed by atoms with Crippen molar-refractivity contribution in [1.82, 2.24) is 5.32 Å². The summed E-state index contributed by atoms with van der Waals surface area (Å²) in [5, 5.41) is 11.9. The van der Waals surface area contributed by atoms with Gasteiger partial charge in [0.15, 0.2) is 0 Å². The topological polar surface area (TPSA) is 66.4 Å². The number of carboxylic acid groups (broad SMARTS) is 1. The minimum absolute atomic E-state index is 0.0409. The minimum atomic E-state index is -0.988. The van der Waals surface area contributed by atoms with Gasteiger partial charge in [-0.1, -0.05) is 13.8 Å². The van der Waals surface area contributed by atoms with E-state index in [4.69, 9.17) is 5.11 Å². The Morgan fingerprint density at radius 2 is 2.00 bits per heavy atom. The molecule has 4 nitrogen and oxygen atoms in total. The molecule has 0 heterocycles. The van der Waals surface area contributed by atoms with E-state index in [1.54, 1.807) is 13.8 Å². The zero-order valence-corrected chi connectivity index (χ0v) is 11.2. The monoisotopic (exact) mass is 241 g/mol. The molecule has 0 aromatic heterocycles. The summed E-state index contributed by atoms with van der Waals surface area (Å²) in [5.41, 5.74) is -0.696. The van der Waals surface area contributed by atoms with Gasteiger partial charge in [-0.15, -0.1) is 0 Å². The van der Waals surface area contributed by atoms with Crippen molar-refractivity contribution in [3.05, 3.63) is 0 Å². The standard InChI is InChI=1S/C13H23NO3/c1-12(2)6-5-9(7-12)14-10(15)8-13(3,4)11(16)17/h9H,5-8H2,1-4H3,(H,14,15)(H,16,17). The fraction of sp³-hybridized carbons (Fsp3) is 0.846. The van der Waals surface area contributed by atoms with Crippen LogP contribution in [0.15, 0.2) is 0 Å². The number of nitrogens with one attached hydrogen (secondary N) is 1. The lowest BCUT2D eigenvalue weighted by Crippen LogP contribution is -2.38. The van der Waals surface area contributed by atoms with E-state index in [0.717, 1.165) is 19.3 Å². The Balaban J connectivity index is 2.44. The molecule has 0 radical (unpaired) electrons. The second-order valence-corrected chi connectivity index (χ2v) is 6.54. The molecule has 1 saturated carbocycles. The first kappa shape index (κ1) is 14.0. The Hall–Kier alpha value is -1.06. The Morgan fingerprint density at radius 1 is 1.41 bits per heavy atom. The molecule has 1 rings (SSSR count). The third kappa shape index (κ3) is 4.02. The van der Waals surface area contributed by atoms with E-state index >= 15 is 0 Å². The lowest BCUT2D eigenvalue weighted by atomic mass is 9.89. The number of hydrogen-bond donors (Lipinski definition) is 2. The summed E-state index contributed by atoms with van der Waals surface area (Å²) >= 11 is 0. The molecule has 0 spiro atoms. The average molecular weight is 241 g/mol. The maximum absolute atomic E-state index is 11.8. The van der Waals surface area contributed by atoms with E-state index in [-0.39, 0.29) is 18.4 Å². The summed E-state index contributed by atoms with van der Waals surface area (Å²) in [6.07, 6.45) is 3.12. The van der Waals surface area contributed by atoms with Crippen LogP contribution < -0.4 is 5.32 Å². The number of aliphatic carboxylic acids is 1. The first-order chi connectivity index (χ1) is 7.62. The van der Waals surface area contributed by atoms with E-state index in [1.165, 1.54) is 0 Å². The first-order valence-corrected chi connectivity index (χ1v) is 6.15. The molecule has 1 fully saturated rings. The zero-order chi connectivity index (χ0) is 13.3. The molecular weight excluding hydrogens is 218 g/mol. The van der Waals surface area contributed by atoms with Gasteiger partial charge in [0.1, 0.15) is 0 Å². The number of carbonyl (C=O) groups is 2. The molecule has 98 valence electrons. The molecular formula is C13H23NO3. The van der Waals surface area contributed by atoms with Crippen LogP contribution in [0.4, 0.5) is 0 Å². The van der Waals surface area contributed by atoms with Gasteiger partial charge in [-0.2, -0.15) is 0 Å². The summed E-state index contributed by atoms with van der Waals surface area (Å²) in [5.74, 6) is -1.08. The van der Waals surface area contributed by atoms with Gasteiger partial charge < -0.3 is 10.4 Å². The van der Waals surface area contributed by atoms with Crippen molar-refractivity contribution in [2.75, 3.05) is 0 Å². The normalized spacial score (nSPS) is 23.4. The van der Waals surface area contributed by atoms with Gasteiger partial charge in [0, 0.05) is 12.5 Å². The second-order valence-electron chi connectivity index (χ2n) is 6.54. The van der Waals surface area contributed by atoms with Crippen LogP contribution in [-0.4, -0.2) is 23.0 Å². The van der Waals surface area contributed by atoms with E-state index in [2.05, 4.69) is 19.2 Å². The van der Waals surface area contributed by atoms with Gasteiger partial charge in [-0.25, -0.2) is 0 Å². The van der Waals surface area contributed by atoms with Gasteiger partial charge in [-0.3, -0.25) is 9.59 Å². The average Bonchev–Trinajstić information content (AvgIpc) is 2.43. The van der Waals surface area contributed by atoms with Crippen LogP contribution in [0.5, 0.6) is 0 Å². The van der Waals surface area contributed by atoms with E-state index < -0.39 is 11.4 Å². The minimum Gasteiger partial charge on any atom is -0.481 e. The number of carboxylic acids is 1. The van der Waals surface area contributed by atoms with Crippen LogP contribution in [0.2, 0.25) is 0 Å². The predicted octanol–water partition coefficient (Wildman–Crippen LogP) is 2.18. The Morgan fingerprint density at radius 3 is 2.41 bits per heavy atom. The maximum atomic E-state index is 11.8. The molecule has 0 aromatic carbocycles. The number of carbonyl (C=O) groups excluding carboxylic acids is 1. The molecule has 0 aromatic rings. The van der Waals surface area contributed by atoms with E-state index in [9.17, 15) is 9.59 Å². The fourth-order valence-electron chi connectivity index (χ4n) is 2.32. The van der Waals surface area contributed by atoms with Crippen molar-refractivity contribution in [3.63, 3.8) is 0 Å². The van der Waals surface area contributed by atoms with Crippen LogP contribution in [0.25, 0.3) is 0 Å². The van der Waals surface area contributed by atoms with Gasteiger partial charge in [0.25, 0.3) is 0 Å². The smallest absolute Gasteiger partial charge is 0.309 e. The van der Waals surface area contributed by atoms with Crippen molar-refractivity contribution < 1.29 is 14.7 Å². The summed E-state index contributed by atoms with van der Waals surface area (Å²) < 4.78 is 0. The lowest BCUT2D eigenvalue weighted by molar-refractivity contribution is -0.149. The SMILES string of the molecule is CC1(C)CCC(NC(=O)CC(C)(C)C(=O)O)C1. The van der Waals surface area contributed by atoms with Gasteiger partial charge >= 0.3 is 5.97 Å². The molecule has 0 saturated heterocycles. The largest absolute Gasteiger partial charge is 0.481 e.